The second-order valence-electron chi connectivity index (χ2n) is 9.29. The Kier molecular flexibility index (Phi) is 15.0. The topological polar surface area (TPSA) is 177 Å². The third kappa shape index (κ3) is 10.9. The molecule has 238 valence electrons. The van der Waals surface area contributed by atoms with Crippen LogP contribution in [0.4, 0.5) is 5.69 Å². The van der Waals surface area contributed by atoms with Crippen molar-refractivity contribution in [2.75, 3.05) is 98.3 Å². The lowest BCUT2D eigenvalue weighted by Crippen LogP contribution is -2.54. The van der Waals surface area contributed by atoms with Crippen molar-refractivity contribution in [3.05, 3.63) is 29.3 Å². The highest BCUT2D eigenvalue weighted by atomic mass is 16.6. The molecule has 15 nitrogen and oxygen atoms in total. The number of amides is 4. The molecular formula is C28H39N3O12. The Bertz CT molecular complexity index is 1100. The molecule has 1 atom stereocenters. The molecule has 4 amide bonds. The van der Waals surface area contributed by atoms with E-state index in [1.165, 1.54) is 7.11 Å². The number of carbonyl (C=O) groups is 5. The van der Waals surface area contributed by atoms with E-state index < -0.39 is 35.6 Å². The summed E-state index contributed by atoms with van der Waals surface area (Å²) in [6.45, 7) is 4.55. The minimum absolute atomic E-state index is 0.0649. The molecule has 2 aliphatic heterocycles. The summed E-state index contributed by atoms with van der Waals surface area (Å²) in [5, 5.41) is 5.31. The van der Waals surface area contributed by atoms with Crippen LogP contribution < -0.4 is 10.6 Å². The van der Waals surface area contributed by atoms with Gasteiger partial charge in [0, 0.05) is 18.7 Å². The number of imide groups is 2. The molecule has 43 heavy (non-hydrogen) atoms. The van der Waals surface area contributed by atoms with Gasteiger partial charge in [-0.3, -0.25) is 29.4 Å². The SMILES string of the molecule is COC(=O)COCCOCCOCCOCCOCCOCCNc1cccc2c1C(=O)N(C1CCC(=O)NC1=O)C2=O. The number of fused-ring (bicyclic) bond motifs is 1. The third-order valence-corrected chi connectivity index (χ3v) is 6.34. The van der Waals surface area contributed by atoms with E-state index in [2.05, 4.69) is 15.4 Å². The zero-order valence-corrected chi connectivity index (χ0v) is 24.3. The Hall–Kier alpha value is -3.47. The zero-order chi connectivity index (χ0) is 30.9. The molecule has 1 aromatic rings. The predicted octanol–water partition coefficient (Wildman–Crippen LogP) is -0.228. The van der Waals surface area contributed by atoms with Gasteiger partial charge in [-0.05, 0) is 18.6 Å². The highest BCUT2D eigenvalue weighted by Crippen LogP contribution is 2.32. The van der Waals surface area contributed by atoms with Gasteiger partial charge in [-0.2, -0.15) is 0 Å². The van der Waals surface area contributed by atoms with Crippen LogP contribution in [0, 0.1) is 0 Å². The van der Waals surface area contributed by atoms with Crippen LogP contribution in [0.2, 0.25) is 0 Å². The molecule has 3 rings (SSSR count). The van der Waals surface area contributed by atoms with Crippen molar-refractivity contribution in [3.8, 4) is 0 Å². The molecule has 0 saturated carbocycles. The molecular weight excluding hydrogens is 570 g/mol. The first-order valence-electron chi connectivity index (χ1n) is 14.1. The van der Waals surface area contributed by atoms with Gasteiger partial charge in [0.25, 0.3) is 11.8 Å². The van der Waals surface area contributed by atoms with Crippen LogP contribution in [-0.4, -0.2) is 133 Å². The first-order chi connectivity index (χ1) is 20.9. The number of benzene rings is 1. The molecule has 1 aromatic carbocycles. The molecule has 0 bridgehead atoms. The van der Waals surface area contributed by atoms with Crippen molar-refractivity contribution in [2.45, 2.75) is 18.9 Å². The van der Waals surface area contributed by atoms with Crippen molar-refractivity contribution in [3.63, 3.8) is 0 Å². The molecule has 2 heterocycles. The smallest absolute Gasteiger partial charge is 0.331 e. The molecule has 15 heteroatoms. The Morgan fingerprint density at radius 1 is 0.814 bits per heavy atom. The molecule has 1 unspecified atom stereocenters. The van der Waals surface area contributed by atoms with Crippen LogP contribution in [0.5, 0.6) is 0 Å². The standard InChI is InChI=1S/C28H39N3O12/c1-37-24(33)19-43-18-17-42-16-15-41-14-13-40-12-11-39-10-9-38-8-7-29-21-4-2-3-20-25(21)28(36)31(27(20)35)22-5-6-23(32)30-26(22)34/h2-4,22,29H,5-19H2,1H3,(H,30,32,34). The Morgan fingerprint density at radius 3 is 1.93 bits per heavy atom. The number of hydrogen-bond acceptors (Lipinski definition) is 13. The van der Waals surface area contributed by atoms with E-state index in [9.17, 15) is 24.0 Å². The lowest BCUT2D eigenvalue weighted by molar-refractivity contribution is -0.146. The number of carbonyl (C=O) groups excluding carboxylic acids is 5. The van der Waals surface area contributed by atoms with Crippen LogP contribution in [0.3, 0.4) is 0 Å². The Morgan fingerprint density at radius 2 is 1.37 bits per heavy atom. The number of nitrogens with zero attached hydrogens (tertiary/aromatic N) is 1. The number of piperidine rings is 1. The van der Waals surface area contributed by atoms with Crippen molar-refractivity contribution < 1.29 is 57.1 Å². The number of methoxy groups -OCH3 is 1. The van der Waals surface area contributed by atoms with Gasteiger partial charge in [-0.1, -0.05) is 6.07 Å². The van der Waals surface area contributed by atoms with Crippen LogP contribution >= 0.6 is 0 Å². The van der Waals surface area contributed by atoms with Gasteiger partial charge in [-0.15, -0.1) is 0 Å². The van der Waals surface area contributed by atoms with E-state index in [1.807, 2.05) is 0 Å². The minimum Gasteiger partial charge on any atom is -0.467 e. The average Bonchev–Trinajstić information content (AvgIpc) is 3.25. The van der Waals surface area contributed by atoms with E-state index in [0.717, 1.165) is 4.90 Å². The number of hydrogen-bond donors (Lipinski definition) is 2. The zero-order valence-electron chi connectivity index (χ0n) is 24.3. The van der Waals surface area contributed by atoms with Gasteiger partial charge in [0.05, 0.1) is 90.9 Å². The summed E-state index contributed by atoms with van der Waals surface area (Å²) in [5.74, 6) is -2.61. The molecule has 0 spiro atoms. The van der Waals surface area contributed by atoms with E-state index in [1.54, 1.807) is 18.2 Å². The number of rotatable bonds is 22. The van der Waals surface area contributed by atoms with Gasteiger partial charge < -0.3 is 38.5 Å². The summed E-state index contributed by atoms with van der Waals surface area (Å²) in [5.41, 5.74) is 0.896. The fraction of sp³-hybridized carbons (Fsp3) is 0.607. The largest absolute Gasteiger partial charge is 0.467 e. The number of esters is 1. The molecule has 1 fully saturated rings. The fourth-order valence-electron chi connectivity index (χ4n) is 4.23. The van der Waals surface area contributed by atoms with Gasteiger partial charge in [0.2, 0.25) is 11.8 Å². The molecule has 1 saturated heterocycles. The maximum absolute atomic E-state index is 13.1. The Balaban J connectivity index is 1.16. The summed E-state index contributed by atoms with van der Waals surface area (Å²) >= 11 is 0. The lowest BCUT2D eigenvalue weighted by atomic mass is 10.0. The van der Waals surface area contributed by atoms with Crippen molar-refractivity contribution in [1.82, 2.24) is 10.2 Å². The Labute approximate surface area is 249 Å². The van der Waals surface area contributed by atoms with Crippen LogP contribution in [0.15, 0.2) is 18.2 Å². The third-order valence-electron chi connectivity index (χ3n) is 6.34. The monoisotopic (exact) mass is 609 g/mol. The van der Waals surface area contributed by atoms with Crippen LogP contribution in [0.25, 0.3) is 0 Å². The summed E-state index contributed by atoms with van der Waals surface area (Å²) in [4.78, 5) is 61.5. The molecule has 0 aromatic heterocycles. The molecule has 0 radical (unpaired) electrons. The number of ether oxygens (including phenoxy) is 7. The first kappa shape index (κ1) is 34.0. The number of nitrogens with one attached hydrogen (secondary N) is 2. The number of anilines is 1. The molecule has 0 aliphatic carbocycles. The maximum atomic E-state index is 13.1. The summed E-state index contributed by atoms with van der Waals surface area (Å²) in [7, 11) is 1.30. The van der Waals surface area contributed by atoms with Gasteiger partial charge in [-0.25, -0.2) is 4.79 Å². The highest BCUT2D eigenvalue weighted by molar-refractivity contribution is 6.25. The van der Waals surface area contributed by atoms with Crippen molar-refractivity contribution >= 4 is 35.3 Å². The van der Waals surface area contributed by atoms with Crippen LogP contribution in [0.1, 0.15) is 33.6 Å². The minimum atomic E-state index is -1.01. The van der Waals surface area contributed by atoms with Crippen molar-refractivity contribution in [2.24, 2.45) is 0 Å². The van der Waals surface area contributed by atoms with Gasteiger partial charge in [0.15, 0.2) is 0 Å². The van der Waals surface area contributed by atoms with Crippen molar-refractivity contribution in [1.29, 1.82) is 0 Å². The normalized spacial score (nSPS) is 16.4. The van der Waals surface area contributed by atoms with Gasteiger partial charge >= 0.3 is 5.97 Å². The quantitative estimate of drug-likeness (QED) is 0.100. The summed E-state index contributed by atoms with van der Waals surface area (Å²) in [6.07, 6.45) is 0.168. The van der Waals surface area contributed by atoms with Gasteiger partial charge in [0.1, 0.15) is 12.6 Å². The fourth-order valence-corrected chi connectivity index (χ4v) is 4.23. The van der Waals surface area contributed by atoms with E-state index in [0.29, 0.717) is 84.9 Å². The molecule has 2 N–H and O–H groups in total. The lowest BCUT2D eigenvalue weighted by Gasteiger charge is -2.27. The predicted molar refractivity (Wildman–Crippen MR) is 149 cm³/mol. The highest BCUT2D eigenvalue weighted by Gasteiger charge is 2.45. The summed E-state index contributed by atoms with van der Waals surface area (Å²) in [6, 6.07) is 3.88. The second-order valence-corrected chi connectivity index (χ2v) is 9.29. The summed E-state index contributed by atoms with van der Waals surface area (Å²) < 4.78 is 36.7. The van der Waals surface area contributed by atoms with E-state index in [-0.39, 0.29) is 30.6 Å². The second kappa shape index (κ2) is 18.9. The van der Waals surface area contributed by atoms with E-state index >= 15 is 0 Å². The maximum Gasteiger partial charge on any atom is 0.331 e. The first-order valence-corrected chi connectivity index (χ1v) is 14.1. The van der Waals surface area contributed by atoms with E-state index in [4.69, 9.17) is 28.4 Å². The van der Waals surface area contributed by atoms with Crippen LogP contribution in [-0.2, 0) is 47.5 Å². The average molecular weight is 610 g/mol. The molecule has 2 aliphatic rings.